The summed E-state index contributed by atoms with van der Waals surface area (Å²) in [5.74, 6) is 0.291. The summed E-state index contributed by atoms with van der Waals surface area (Å²) in [6.45, 7) is 4.91. The smallest absolute Gasteiger partial charge is 0.317 e. The minimum absolute atomic E-state index is 0.00364. The van der Waals surface area contributed by atoms with Crippen LogP contribution in [0.5, 0.6) is 0 Å². The Bertz CT molecular complexity index is 611. The number of urea groups is 1. The molecular formula is C19H28N4O2. The first-order chi connectivity index (χ1) is 12.1. The van der Waals surface area contributed by atoms with Gasteiger partial charge in [-0.05, 0) is 44.7 Å². The van der Waals surface area contributed by atoms with E-state index < -0.39 is 0 Å². The van der Waals surface area contributed by atoms with Crippen molar-refractivity contribution in [1.29, 1.82) is 0 Å². The lowest BCUT2D eigenvalue weighted by Gasteiger charge is -2.40. The van der Waals surface area contributed by atoms with Gasteiger partial charge in [-0.1, -0.05) is 6.07 Å². The van der Waals surface area contributed by atoms with Gasteiger partial charge in [0.25, 0.3) is 0 Å². The SMILES string of the molecule is Cc1cccc(CCNC(=O)N2CCC(N3CCCCC3=O)CC2)n1. The van der Waals surface area contributed by atoms with E-state index in [-0.39, 0.29) is 6.03 Å². The summed E-state index contributed by atoms with van der Waals surface area (Å²) >= 11 is 0. The summed E-state index contributed by atoms with van der Waals surface area (Å²) in [7, 11) is 0. The number of piperidine rings is 2. The minimum Gasteiger partial charge on any atom is -0.340 e. The zero-order valence-corrected chi connectivity index (χ0v) is 15.0. The van der Waals surface area contributed by atoms with Crippen molar-refractivity contribution in [1.82, 2.24) is 20.1 Å². The molecule has 0 saturated carbocycles. The predicted octanol–water partition coefficient (Wildman–Crippen LogP) is 2.12. The fourth-order valence-electron chi connectivity index (χ4n) is 3.74. The Morgan fingerprint density at radius 1 is 1.24 bits per heavy atom. The highest BCUT2D eigenvalue weighted by Crippen LogP contribution is 2.21. The summed E-state index contributed by atoms with van der Waals surface area (Å²) in [4.78, 5) is 32.7. The lowest BCUT2D eigenvalue weighted by Crippen LogP contribution is -2.52. The van der Waals surface area contributed by atoms with Crippen molar-refractivity contribution in [3.05, 3.63) is 29.6 Å². The third-order valence-corrected chi connectivity index (χ3v) is 5.16. The van der Waals surface area contributed by atoms with Gasteiger partial charge in [0.15, 0.2) is 0 Å². The monoisotopic (exact) mass is 344 g/mol. The summed E-state index contributed by atoms with van der Waals surface area (Å²) in [6, 6.07) is 6.26. The Labute approximate surface area is 149 Å². The largest absolute Gasteiger partial charge is 0.340 e. The molecule has 3 amide bonds. The number of aryl methyl sites for hydroxylation is 1. The van der Waals surface area contributed by atoms with Crippen LogP contribution in [0.25, 0.3) is 0 Å². The molecule has 0 atom stereocenters. The van der Waals surface area contributed by atoms with Crippen LogP contribution in [-0.2, 0) is 11.2 Å². The van der Waals surface area contributed by atoms with Gasteiger partial charge in [0.2, 0.25) is 5.91 Å². The second kappa shape index (κ2) is 8.32. The Hall–Kier alpha value is -2.11. The molecule has 0 spiro atoms. The number of hydrogen-bond donors (Lipinski definition) is 1. The third kappa shape index (κ3) is 4.71. The van der Waals surface area contributed by atoms with Crippen LogP contribution >= 0.6 is 0 Å². The van der Waals surface area contributed by atoms with Gasteiger partial charge in [0.05, 0.1) is 0 Å². The number of nitrogens with zero attached hydrogens (tertiary/aromatic N) is 3. The van der Waals surface area contributed by atoms with Crippen molar-refractivity contribution in [2.45, 2.75) is 51.5 Å². The van der Waals surface area contributed by atoms with Gasteiger partial charge in [0.1, 0.15) is 0 Å². The molecule has 2 aliphatic heterocycles. The van der Waals surface area contributed by atoms with E-state index in [2.05, 4.69) is 10.3 Å². The molecule has 0 bridgehead atoms. The van der Waals surface area contributed by atoms with Crippen LogP contribution in [0.2, 0.25) is 0 Å². The Kier molecular flexibility index (Phi) is 5.89. The van der Waals surface area contributed by atoms with Gasteiger partial charge in [-0.15, -0.1) is 0 Å². The van der Waals surface area contributed by atoms with Gasteiger partial charge in [0, 0.05) is 56.5 Å². The molecule has 0 unspecified atom stereocenters. The van der Waals surface area contributed by atoms with Gasteiger partial charge in [-0.2, -0.15) is 0 Å². The minimum atomic E-state index is -0.00364. The summed E-state index contributed by atoms with van der Waals surface area (Å²) in [5, 5.41) is 2.99. The fraction of sp³-hybridized carbons (Fsp3) is 0.632. The molecule has 2 aliphatic rings. The molecule has 1 N–H and O–H groups in total. The molecule has 1 aromatic heterocycles. The van der Waals surface area contributed by atoms with Crippen molar-refractivity contribution in [3.8, 4) is 0 Å². The number of rotatable bonds is 4. The van der Waals surface area contributed by atoms with Gasteiger partial charge in [-0.3, -0.25) is 9.78 Å². The molecule has 0 radical (unpaired) electrons. The molecule has 3 heterocycles. The first kappa shape index (κ1) is 17.7. The number of hydrogen-bond acceptors (Lipinski definition) is 3. The molecule has 0 aromatic carbocycles. The van der Waals surface area contributed by atoms with Crippen LogP contribution in [0.4, 0.5) is 4.79 Å². The van der Waals surface area contributed by atoms with Crippen LogP contribution in [0.15, 0.2) is 18.2 Å². The summed E-state index contributed by atoms with van der Waals surface area (Å²) in [6.07, 6.45) is 5.34. The van der Waals surface area contributed by atoms with E-state index in [1.54, 1.807) is 0 Å². The van der Waals surface area contributed by atoms with Crippen LogP contribution in [0.3, 0.4) is 0 Å². The average Bonchev–Trinajstić information content (AvgIpc) is 2.62. The van der Waals surface area contributed by atoms with Gasteiger partial charge >= 0.3 is 6.03 Å². The van der Waals surface area contributed by atoms with Crippen molar-refractivity contribution in [3.63, 3.8) is 0 Å². The van der Waals surface area contributed by atoms with Crippen LogP contribution in [-0.4, -0.2) is 58.9 Å². The van der Waals surface area contributed by atoms with Gasteiger partial charge < -0.3 is 15.1 Å². The molecule has 6 heteroatoms. The van der Waals surface area contributed by atoms with Crippen molar-refractivity contribution >= 4 is 11.9 Å². The molecular weight excluding hydrogens is 316 g/mol. The Morgan fingerprint density at radius 2 is 2.04 bits per heavy atom. The molecule has 6 nitrogen and oxygen atoms in total. The van der Waals surface area contributed by atoms with Crippen molar-refractivity contribution in [2.24, 2.45) is 0 Å². The molecule has 0 aliphatic carbocycles. The van der Waals surface area contributed by atoms with Crippen LogP contribution in [0, 0.1) is 6.92 Å². The van der Waals surface area contributed by atoms with E-state index in [4.69, 9.17) is 0 Å². The topological polar surface area (TPSA) is 65.5 Å². The lowest BCUT2D eigenvalue weighted by atomic mass is 10.00. The quantitative estimate of drug-likeness (QED) is 0.910. The normalized spacial score (nSPS) is 19.2. The van der Waals surface area contributed by atoms with Crippen molar-refractivity contribution in [2.75, 3.05) is 26.2 Å². The molecule has 136 valence electrons. The van der Waals surface area contributed by atoms with E-state index >= 15 is 0 Å². The number of nitrogens with one attached hydrogen (secondary N) is 1. The highest BCUT2D eigenvalue weighted by molar-refractivity contribution is 5.77. The number of likely N-dealkylation sites (tertiary alicyclic amines) is 2. The maximum Gasteiger partial charge on any atom is 0.317 e. The first-order valence-electron chi connectivity index (χ1n) is 9.38. The fourth-order valence-corrected chi connectivity index (χ4v) is 3.74. The second-order valence-corrected chi connectivity index (χ2v) is 7.01. The number of carbonyl (C=O) groups excluding carboxylic acids is 2. The number of pyridine rings is 1. The molecule has 3 rings (SSSR count). The van der Waals surface area contributed by atoms with E-state index in [0.717, 1.165) is 63.1 Å². The maximum atomic E-state index is 12.3. The standard InChI is InChI=1S/C19H28N4O2/c1-15-5-4-6-16(21-15)8-11-20-19(25)22-13-9-17(10-14-22)23-12-3-2-7-18(23)24/h4-6,17H,2-3,7-14H2,1H3,(H,20,25). The predicted molar refractivity (Wildman–Crippen MR) is 96.2 cm³/mol. The van der Waals surface area contributed by atoms with Crippen LogP contribution in [0.1, 0.15) is 43.5 Å². The number of carbonyl (C=O) groups is 2. The Balaban J connectivity index is 1.40. The zero-order chi connectivity index (χ0) is 17.6. The number of amides is 3. The van der Waals surface area contributed by atoms with Gasteiger partial charge in [-0.25, -0.2) is 4.79 Å². The molecule has 25 heavy (non-hydrogen) atoms. The van der Waals surface area contributed by atoms with E-state index in [1.807, 2.05) is 34.9 Å². The molecule has 2 fully saturated rings. The molecule has 1 aromatic rings. The van der Waals surface area contributed by atoms with Crippen LogP contribution < -0.4 is 5.32 Å². The first-order valence-corrected chi connectivity index (χ1v) is 9.38. The Morgan fingerprint density at radius 3 is 2.76 bits per heavy atom. The van der Waals surface area contributed by atoms with E-state index in [9.17, 15) is 9.59 Å². The van der Waals surface area contributed by atoms with E-state index in [0.29, 0.717) is 24.9 Å². The van der Waals surface area contributed by atoms with Crippen molar-refractivity contribution < 1.29 is 9.59 Å². The third-order valence-electron chi connectivity index (χ3n) is 5.16. The highest BCUT2D eigenvalue weighted by Gasteiger charge is 2.30. The highest BCUT2D eigenvalue weighted by atomic mass is 16.2. The average molecular weight is 344 g/mol. The molecule has 2 saturated heterocycles. The second-order valence-electron chi connectivity index (χ2n) is 7.01. The summed E-state index contributed by atoms with van der Waals surface area (Å²) < 4.78 is 0. The number of aromatic nitrogens is 1. The summed E-state index contributed by atoms with van der Waals surface area (Å²) in [5.41, 5.74) is 2.00. The zero-order valence-electron chi connectivity index (χ0n) is 15.0. The van der Waals surface area contributed by atoms with E-state index in [1.165, 1.54) is 0 Å². The lowest BCUT2D eigenvalue weighted by molar-refractivity contribution is -0.136. The maximum absolute atomic E-state index is 12.3.